The van der Waals surface area contributed by atoms with Crippen LogP contribution in [0.3, 0.4) is 0 Å². The number of benzene rings is 2. The van der Waals surface area contributed by atoms with Gasteiger partial charge in [-0.05, 0) is 38.3 Å². The van der Waals surface area contributed by atoms with Crippen LogP contribution in [0.15, 0.2) is 59.6 Å². The van der Waals surface area contributed by atoms with Crippen molar-refractivity contribution in [2.24, 2.45) is 0 Å². The molecule has 0 N–H and O–H groups in total. The molecule has 0 aliphatic heterocycles. The van der Waals surface area contributed by atoms with Gasteiger partial charge in [0, 0.05) is 11.8 Å². The lowest BCUT2D eigenvalue weighted by Gasteiger charge is -2.04. The second-order valence-electron chi connectivity index (χ2n) is 3.79. The van der Waals surface area contributed by atoms with E-state index in [1.807, 2.05) is 18.3 Å². The average Bonchev–Trinajstić information content (AvgIpc) is 2.39. The smallest absolute Gasteiger partial charge is 0.117 e. The summed E-state index contributed by atoms with van der Waals surface area (Å²) in [5.74, 6) is 0. The van der Waals surface area contributed by atoms with Gasteiger partial charge in [-0.15, -0.1) is 0 Å². The van der Waals surface area contributed by atoms with Crippen LogP contribution < -0.4 is 0 Å². The molecule has 0 aliphatic rings. The van der Waals surface area contributed by atoms with Gasteiger partial charge in [-0.2, -0.15) is 0 Å². The van der Waals surface area contributed by atoms with E-state index in [0.717, 1.165) is 15.7 Å². The second-order valence-corrected chi connectivity index (χ2v) is 4.54. The van der Waals surface area contributed by atoms with Crippen molar-refractivity contribution in [3.8, 4) is 11.1 Å². The van der Waals surface area contributed by atoms with Crippen LogP contribution in [0, 0.1) is 0 Å². The van der Waals surface area contributed by atoms with Crippen molar-refractivity contribution in [1.29, 1.82) is 0 Å². The zero-order chi connectivity index (χ0) is 11.7. The Labute approximate surface area is 107 Å². The van der Waals surface area contributed by atoms with E-state index >= 15 is 0 Å². The minimum atomic E-state index is 0.822. The van der Waals surface area contributed by atoms with E-state index in [4.69, 9.17) is 0 Å². The second kappa shape index (κ2) is 4.26. The maximum Gasteiger partial charge on any atom is 0.117 e. The summed E-state index contributed by atoms with van der Waals surface area (Å²) in [6.45, 7) is 0. The molecular formula is C14H9BrN2. The van der Waals surface area contributed by atoms with Crippen LogP contribution in [0.2, 0.25) is 0 Å². The first-order valence-electron chi connectivity index (χ1n) is 5.29. The SMILES string of the molecule is Brc1ncncc1-c1ccc2ccccc2c1. The van der Waals surface area contributed by atoms with Crippen molar-refractivity contribution in [1.82, 2.24) is 9.97 Å². The van der Waals surface area contributed by atoms with E-state index in [1.54, 1.807) is 0 Å². The molecule has 0 saturated carbocycles. The van der Waals surface area contributed by atoms with Gasteiger partial charge >= 0.3 is 0 Å². The van der Waals surface area contributed by atoms with E-state index < -0.39 is 0 Å². The fourth-order valence-corrected chi connectivity index (χ4v) is 2.29. The van der Waals surface area contributed by atoms with Gasteiger partial charge in [-0.1, -0.05) is 36.4 Å². The summed E-state index contributed by atoms with van der Waals surface area (Å²) in [4.78, 5) is 8.20. The number of fused-ring (bicyclic) bond motifs is 1. The molecule has 1 heterocycles. The molecular weight excluding hydrogens is 276 g/mol. The molecule has 0 saturated heterocycles. The Morgan fingerprint density at radius 3 is 2.59 bits per heavy atom. The van der Waals surface area contributed by atoms with Crippen molar-refractivity contribution in [2.45, 2.75) is 0 Å². The van der Waals surface area contributed by atoms with Gasteiger partial charge in [0.1, 0.15) is 10.9 Å². The third-order valence-corrected chi connectivity index (χ3v) is 3.36. The summed E-state index contributed by atoms with van der Waals surface area (Å²) in [5, 5.41) is 2.46. The summed E-state index contributed by atoms with van der Waals surface area (Å²) in [5.41, 5.74) is 2.13. The molecule has 0 atom stereocenters. The van der Waals surface area contributed by atoms with Crippen molar-refractivity contribution in [2.75, 3.05) is 0 Å². The van der Waals surface area contributed by atoms with Gasteiger partial charge in [0.25, 0.3) is 0 Å². The lowest BCUT2D eigenvalue weighted by Crippen LogP contribution is -1.85. The van der Waals surface area contributed by atoms with Crippen molar-refractivity contribution >= 4 is 26.7 Å². The number of halogens is 1. The first kappa shape index (κ1) is 10.4. The summed E-state index contributed by atoms with van der Waals surface area (Å²) < 4.78 is 0.822. The third kappa shape index (κ3) is 1.94. The van der Waals surface area contributed by atoms with Gasteiger partial charge in [-0.3, -0.25) is 0 Å². The molecule has 2 nitrogen and oxygen atoms in total. The zero-order valence-electron chi connectivity index (χ0n) is 8.97. The Hall–Kier alpha value is -1.74. The largest absolute Gasteiger partial charge is 0.244 e. The van der Waals surface area contributed by atoms with Gasteiger partial charge in [-0.25, -0.2) is 9.97 Å². The highest BCUT2D eigenvalue weighted by molar-refractivity contribution is 9.10. The predicted molar refractivity (Wildman–Crippen MR) is 72.7 cm³/mol. The summed E-state index contributed by atoms with van der Waals surface area (Å²) in [6, 6.07) is 14.7. The molecule has 17 heavy (non-hydrogen) atoms. The monoisotopic (exact) mass is 284 g/mol. The first-order chi connectivity index (χ1) is 8.34. The number of hydrogen-bond donors (Lipinski definition) is 0. The van der Waals surface area contributed by atoms with Crippen molar-refractivity contribution in [3.05, 3.63) is 59.6 Å². The highest BCUT2D eigenvalue weighted by Gasteiger charge is 2.04. The standard InChI is InChI=1S/C14H9BrN2/c15-14-13(8-16-9-17-14)12-6-5-10-3-1-2-4-11(10)7-12/h1-9H. The van der Waals surface area contributed by atoms with Gasteiger partial charge in [0.05, 0.1) is 0 Å². The maximum atomic E-state index is 4.14. The Kier molecular flexibility index (Phi) is 2.61. The highest BCUT2D eigenvalue weighted by Crippen LogP contribution is 2.28. The molecule has 0 radical (unpaired) electrons. The van der Waals surface area contributed by atoms with E-state index in [2.05, 4.69) is 56.2 Å². The Morgan fingerprint density at radius 1 is 0.941 bits per heavy atom. The molecule has 0 amide bonds. The topological polar surface area (TPSA) is 25.8 Å². The summed E-state index contributed by atoms with van der Waals surface area (Å²) >= 11 is 3.45. The molecule has 82 valence electrons. The number of hydrogen-bond acceptors (Lipinski definition) is 2. The molecule has 1 aromatic heterocycles. The molecule has 0 fully saturated rings. The molecule has 0 spiro atoms. The van der Waals surface area contributed by atoms with E-state index in [-0.39, 0.29) is 0 Å². The van der Waals surface area contributed by atoms with Gasteiger partial charge in [0.15, 0.2) is 0 Å². The predicted octanol–water partition coefficient (Wildman–Crippen LogP) is 4.06. The quantitative estimate of drug-likeness (QED) is 0.630. The fraction of sp³-hybridized carbons (Fsp3) is 0. The minimum absolute atomic E-state index is 0.822. The third-order valence-electron chi connectivity index (χ3n) is 2.72. The molecule has 3 rings (SSSR count). The van der Waals surface area contributed by atoms with E-state index in [9.17, 15) is 0 Å². The van der Waals surface area contributed by atoms with Crippen LogP contribution in [-0.2, 0) is 0 Å². The lowest BCUT2D eigenvalue weighted by molar-refractivity contribution is 1.14. The molecule has 0 unspecified atom stereocenters. The minimum Gasteiger partial charge on any atom is -0.244 e. The average molecular weight is 285 g/mol. The number of aromatic nitrogens is 2. The lowest BCUT2D eigenvalue weighted by atomic mass is 10.0. The van der Waals surface area contributed by atoms with Crippen molar-refractivity contribution in [3.63, 3.8) is 0 Å². The molecule has 3 heteroatoms. The highest BCUT2D eigenvalue weighted by atomic mass is 79.9. The van der Waals surface area contributed by atoms with Crippen LogP contribution in [0.25, 0.3) is 21.9 Å². The maximum absolute atomic E-state index is 4.14. The molecule has 0 bridgehead atoms. The van der Waals surface area contributed by atoms with Gasteiger partial charge < -0.3 is 0 Å². The van der Waals surface area contributed by atoms with Gasteiger partial charge in [0.2, 0.25) is 0 Å². The van der Waals surface area contributed by atoms with Crippen LogP contribution in [-0.4, -0.2) is 9.97 Å². The summed E-state index contributed by atoms with van der Waals surface area (Å²) in [7, 11) is 0. The molecule has 0 aliphatic carbocycles. The summed E-state index contributed by atoms with van der Waals surface area (Å²) in [6.07, 6.45) is 3.36. The van der Waals surface area contributed by atoms with Crippen molar-refractivity contribution < 1.29 is 0 Å². The van der Waals surface area contributed by atoms with E-state index in [1.165, 1.54) is 17.1 Å². The zero-order valence-corrected chi connectivity index (χ0v) is 10.6. The van der Waals surface area contributed by atoms with Crippen LogP contribution in [0.1, 0.15) is 0 Å². The van der Waals surface area contributed by atoms with Crippen LogP contribution >= 0.6 is 15.9 Å². The normalized spacial score (nSPS) is 10.6. The Bertz CT molecular complexity index is 680. The Balaban J connectivity index is 2.22. The van der Waals surface area contributed by atoms with Crippen LogP contribution in [0.4, 0.5) is 0 Å². The molecule has 2 aromatic carbocycles. The van der Waals surface area contributed by atoms with E-state index in [0.29, 0.717) is 0 Å². The number of nitrogens with zero attached hydrogens (tertiary/aromatic N) is 2. The number of rotatable bonds is 1. The molecule has 3 aromatic rings. The Morgan fingerprint density at radius 2 is 1.76 bits per heavy atom. The fourth-order valence-electron chi connectivity index (χ4n) is 1.87. The van der Waals surface area contributed by atoms with Crippen LogP contribution in [0.5, 0.6) is 0 Å². The first-order valence-corrected chi connectivity index (χ1v) is 6.08.